The smallest absolute Gasteiger partial charge is 0.279 e. The summed E-state index contributed by atoms with van der Waals surface area (Å²) in [6.07, 6.45) is 1.83. The molecule has 1 aliphatic heterocycles. The SMILES string of the molecule is C[C@@H]1CCCN(S(=O)(=O)NCCNC(=O)c2ccc(F)cc2F)C1. The number of nitrogens with zero attached hydrogens (tertiary/aromatic N) is 1. The molecule has 1 saturated heterocycles. The third-order valence-electron chi connectivity index (χ3n) is 3.83. The Labute approximate surface area is 140 Å². The normalized spacial score (nSPS) is 19.2. The van der Waals surface area contributed by atoms with Gasteiger partial charge in [0.05, 0.1) is 5.56 Å². The minimum Gasteiger partial charge on any atom is -0.351 e. The number of benzene rings is 1. The summed E-state index contributed by atoms with van der Waals surface area (Å²) in [6, 6.07) is 2.65. The van der Waals surface area contributed by atoms with Crippen molar-refractivity contribution >= 4 is 16.1 Å². The van der Waals surface area contributed by atoms with Gasteiger partial charge in [0.2, 0.25) is 0 Å². The van der Waals surface area contributed by atoms with Crippen LogP contribution in [-0.2, 0) is 10.2 Å². The van der Waals surface area contributed by atoms with Crippen LogP contribution >= 0.6 is 0 Å². The van der Waals surface area contributed by atoms with E-state index in [4.69, 9.17) is 0 Å². The van der Waals surface area contributed by atoms with Crippen molar-refractivity contribution in [2.24, 2.45) is 5.92 Å². The number of carbonyl (C=O) groups excluding carboxylic acids is 1. The second-order valence-electron chi connectivity index (χ2n) is 5.88. The lowest BCUT2D eigenvalue weighted by Gasteiger charge is -2.29. The van der Waals surface area contributed by atoms with E-state index in [1.807, 2.05) is 6.92 Å². The molecule has 6 nitrogen and oxygen atoms in total. The summed E-state index contributed by atoms with van der Waals surface area (Å²) in [5, 5.41) is 2.40. The molecule has 134 valence electrons. The van der Waals surface area contributed by atoms with Gasteiger partial charge in [0.1, 0.15) is 11.6 Å². The minimum atomic E-state index is -3.58. The van der Waals surface area contributed by atoms with Crippen molar-refractivity contribution < 1.29 is 22.0 Å². The first-order chi connectivity index (χ1) is 11.3. The summed E-state index contributed by atoms with van der Waals surface area (Å²) in [6.45, 7) is 2.94. The zero-order valence-corrected chi connectivity index (χ0v) is 14.2. The molecular formula is C15H21F2N3O3S. The highest BCUT2D eigenvalue weighted by Gasteiger charge is 2.26. The van der Waals surface area contributed by atoms with Gasteiger partial charge in [0.15, 0.2) is 0 Å². The molecule has 1 heterocycles. The van der Waals surface area contributed by atoms with E-state index in [1.165, 1.54) is 4.31 Å². The Balaban J connectivity index is 1.80. The van der Waals surface area contributed by atoms with E-state index in [0.29, 0.717) is 25.1 Å². The Morgan fingerprint density at radius 2 is 2.08 bits per heavy atom. The quantitative estimate of drug-likeness (QED) is 0.749. The van der Waals surface area contributed by atoms with Crippen LogP contribution in [0.2, 0.25) is 0 Å². The van der Waals surface area contributed by atoms with E-state index in [2.05, 4.69) is 10.0 Å². The molecule has 0 unspecified atom stereocenters. The molecule has 1 fully saturated rings. The van der Waals surface area contributed by atoms with Crippen LogP contribution in [0.4, 0.5) is 8.78 Å². The molecule has 2 N–H and O–H groups in total. The lowest BCUT2D eigenvalue weighted by molar-refractivity contribution is 0.0950. The van der Waals surface area contributed by atoms with Crippen LogP contribution in [0, 0.1) is 17.6 Å². The van der Waals surface area contributed by atoms with Gasteiger partial charge < -0.3 is 5.32 Å². The maximum atomic E-state index is 13.5. The van der Waals surface area contributed by atoms with Crippen molar-refractivity contribution in [1.82, 2.24) is 14.3 Å². The van der Waals surface area contributed by atoms with E-state index in [0.717, 1.165) is 25.0 Å². The van der Waals surface area contributed by atoms with E-state index >= 15 is 0 Å². The first-order valence-electron chi connectivity index (χ1n) is 7.77. The minimum absolute atomic E-state index is 0.00171. The van der Waals surface area contributed by atoms with E-state index in [9.17, 15) is 22.0 Å². The van der Waals surface area contributed by atoms with Crippen molar-refractivity contribution in [2.75, 3.05) is 26.2 Å². The van der Waals surface area contributed by atoms with Gasteiger partial charge in [-0.25, -0.2) is 13.5 Å². The highest BCUT2D eigenvalue weighted by Crippen LogP contribution is 2.17. The Morgan fingerprint density at radius 3 is 2.75 bits per heavy atom. The monoisotopic (exact) mass is 361 g/mol. The van der Waals surface area contributed by atoms with Crippen LogP contribution < -0.4 is 10.0 Å². The molecular weight excluding hydrogens is 340 g/mol. The number of rotatable bonds is 6. The van der Waals surface area contributed by atoms with Crippen molar-refractivity contribution in [1.29, 1.82) is 0 Å². The largest absolute Gasteiger partial charge is 0.351 e. The van der Waals surface area contributed by atoms with E-state index < -0.39 is 27.8 Å². The highest BCUT2D eigenvalue weighted by molar-refractivity contribution is 7.87. The number of amides is 1. The van der Waals surface area contributed by atoms with Crippen LogP contribution in [0.1, 0.15) is 30.1 Å². The fraction of sp³-hybridized carbons (Fsp3) is 0.533. The average molecular weight is 361 g/mol. The molecule has 0 aliphatic carbocycles. The predicted octanol–water partition coefficient (Wildman–Crippen LogP) is 1.26. The topological polar surface area (TPSA) is 78.5 Å². The van der Waals surface area contributed by atoms with Gasteiger partial charge in [-0.1, -0.05) is 6.92 Å². The summed E-state index contributed by atoms with van der Waals surface area (Å²) in [5.41, 5.74) is -0.288. The molecule has 1 aromatic rings. The Hall–Kier alpha value is -1.58. The molecule has 0 bridgehead atoms. The number of hydrogen-bond acceptors (Lipinski definition) is 3. The summed E-state index contributed by atoms with van der Waals surface area (Å²) < 4.78 is 54.3. The fourth-order valence-corrected chi connectivity index (χ4v) is 3.94. The molecule has 1 aromatic carbocycles. The standard InChI is InChI=1S/C15H21F2N3O3S/c1-11-3-2-8-20(10-11)24(22,23)19-7-6-18-15(21)13-5-4-12(16)9-14(13)17/h4-5,9,11,19H,2-3,6-8,10H2,1H3,(H,18,21)/t11-/m1/s1. The maximum absolute atomic E-state index is 13.5. The molecule has 2 rings (SSSR count). The van der Waals surface area contributed by atoms with Crippen molar-refractivity contribution in [2.45, 2.75) is 19.8 Å². The van der Waals surface area contributed by atoms with E-state index in [1.54, 1.807) is 0 Å². The molecule has 1 atom stereocenters. The molecule has 0 spiro atoms. The lowest BCUT2D eigenvalue weighted by atomic mass is 10.0. The fourth-order valence-electron chi connectivity index (χ4n) is 2.58. The Morgan fingerprint density at radius 1 is 1.33 bits per heavy atom. The van der Waals surface area contributed by atoms with Gasteiger partial charge in [-0.15, -0.1) is 0 Å². The lowest BCUT2D eigenvalue weighted by Crippen LogP contribution is -2.47. The number of hydrogen-bond donors (Lipinski definition) is 2. The highest BCUT2D eigenvalue weighted by atomic mass is 32.2. The molecule has 9 heteroatoms. The average Bonchev–Trinajstić information content (AvgIpc) is 2.51. The first kappa shape index (κ1) is 18.8. The molecule has 0 aromatic heterocycles. The van der Waals surface area contributed by atoms with Gasteiger partial charge in [0.25, 0.3) is 16.1 Å². The van der Waals surface area contributed by atoms with Gasteiger partial charge >= 0.3 is 0 Å². The number of piperidine rings is 1. The van der Waals surface area contributed by atoms with Crippen molar-refractivity contribution in [3.05, 3.63) is 35.4 Å². The van der Waals surface area contributed by atoms with Gasteiger partial charge in [-0.3, -0.25) is 4.79 Å². The summed E-state index contributed by atoms with van der Waals surface area (Å²) in [5.74, 6) is -2.14. The summed E-state index contributed by atoms with van der Waals surface area (Å²) in [7, 11) is -3.58. The van der Waals surface area contributed by atoms with Crippen LogP contribution in [-0.4, -0.2) is 44.8 Å². The van der Waals surface area contributed by atoms with Crippen LogP contribution in [0.3, 0.4) is 0 Å². The second-order valence-corrected chi connectivity index (χ2v) is 7.64. The molecule has 0 saturated carbocycles. The zero-order valence-electron chi connectivity index (χ0n) is 13.4. The molecule has 24 heavy (non-hydrogen) atoms. The second kappa shape index (κ2) is 8.00. The molecule has 1 aliphatic rings. The Bertz CT molecular complexity index is 697. The summed E-state index contributed by atoms with van der Waals surface area (Å²) in [4.78, 5) is 11.8. The van der Waals surface area contributed by atoms with E-state index in [-0.39, 0.29) is 18.7 Å². The first-order valence-corrected chi connectivity index (χ1v) is 9.21. The number of halogens is 2. The predicted molar refractivity (Wildman–Crippen MR) is 85.6 cm³/mol. The van der Waals surface area contributed by atoms with Crippen LogP contribution in [0.5, 0.6) is 0 Å². The van der Waals surface area contributed by atoms with Crippen molar-refractivity contribution in [3.63, 3.8) is 0 Å². The van der Waals surface area contributed by atoms with Gasteiger partial charge in [-0.2, -0.15) is 12.7 Å². The summed E-state index contributed by atoms with van der Waals surface area (Å²) >= 11 is 0. The number of nitrogens with one attached hydrogen (secondary N) is 2. The van der Waals surface area contributed by atoms with Crippen LogP contribution in [0.15, 0.2) is 18.2 Å². The third kappa shape index (κ3) is 4.96. The number of carbonyl (C=O) groups is 1. The van der Waals surface area contributed by atoms with Gasteiger partial charge in [0, 0.05) is 32.2 Å². The molecule has 1 amide bonds. The molecule has 0 radical (unpaired) electrons. The van der Waals surface area contributed by atoms with Gasteiger partial charge in [-0.05, 0) is 30.9 Å². The van der Waals surface area contributed by atoms with Crippen molar-refractivity contribution in [3.8, 4) is 0 Å². The van der Waals surface area contributed by atoms with Crippen LogP contribution in [0.25, 0.3) is 0 Å². The maximum Gasteiger partial charge on any atom is 0.279 e. The third-order valence-corrected chi connectivity index (χ3v) is 5.41. The zero-order chi connectivity index (χ0) is 17.7. The Kier molecular flexibility index (Phi) is 6.25.